The lowest BCUT2D eigenvalue weighted by Gasteiger charge is -2.10. The van der Waals surface area contributed by atoms with Crippen molar-refractivity contribution in [3.8, 4) is 0 Å². The van der Waals surface area contributed by atoms with E-state index in [-0.39, 0.29) is 6.61 Å². The average molecular weight is 279 g/mol. The minimum atomic E-state index is 0.0712. The molecule has 106 valence electrons. The van der Waals surface area contributed by atoms with Gasteiger partial charge in [0.25, 0.3) is 0 Å². The maximum absolute atomic E-state index is 8.94. The molecule has 0 saturated carbocycles. The van der Waals surface area contributed by atoms with Gasteiger partial charge in [-0.2, -0.15) is 5.10 Å². The van der Waals surface area contributed by atoms with Crippen molar-refractivity contribution in [1.29, 1.82) is 0 Å². The first-order valence-electron chi connectivity index (χ1n) is 7.01. The van der Waals surface area contributed by atoms with Gasteiger partial charge in [0.2, 0.25) is 0 Å². The molecule has 1 aromatic heterocycles. The Morgan fingerprint density at radius 2 is 1.57 bits per heavy atom. The van der Waals surface area contributed by atoms with Crippen LogP contribution in [-0.2, 0) is 6.42 Å². The van der Waals surface area contributed by atoms with Crippen LogP contribution in [0.2, 0.25) is 0 Å². The average Bonchev–Trinajstić information content (AvgIpc) is 2.55. The van der Waals surface area contributed by atoms with Gasteiger partial charge in [-0.3, -0.25) is 0 Å². The highest BCUT2D eigenvalue weighted by molar-refractivity contribution is 5.93. The van der Waals surface area contributed by atoms with Crippen molar-refractivity contribution in [2.45, 2.75) is 6.42 Å². The number of aliphatic hydroxyl groups excluding tert-OH is 1. The van der Waals surface area contributed by atoms with Crippen molar-refractivity contribution in [2.75, 3.05) is 18.5 Å². The number of aromatic nitrogens is 2. The smallest absolute Gasteiger partial charge is 0.156 e. The number of anilines is 1. The van der Waals surface area contributed by atoms with Crippen LogP contribution in [0.1, 0.15) is 11.3 Å². The molecule has 2 N–H and O–H groups in total. The Morgan fingerprint density at radius 1 is 0.857 bits per heavy atom. The van der Waals surface area contributed by atoms with Crippen LogP contribution in [0.3, 0.4) is 0 Å². The van der Waals surface area contributed by atoms with Crippen molar-refractivity contribution in [1.82, 2.24) is 10.2 Å². The lowest BCUT2D eigenvalue weighted by molar-refractivity contribution is 0.311. The summed E-state index contributed by atoms with van der Waals surface area (Å²) in [6.07, 6.45) is 0.759. The first-order chi connectivity index (χ1) is 10.4. The number of hydrogen-bond acceptors (Lipinski definition) is 4. The number of hydrogen-bond donors (Lipinski definition) is 2. The van der Waals surface area contributed by atoms with E-state index in [0.29, 0.717) is 6.54 Å². The fraction of sp³-hybridized carbons (Fsp3) is 0.176. The van der Waals surface area contributed by atoms with Crippen LogP contribution < -0.4 is 5.32 Å². The zero-order valence-electron chi connectivity index (χ0n) is 11.7. The third-order valence-electron chi connectivity index (χ3n) is 3.38. The summed E-state index contributed by atoms with van der Waals surface area (Å²) >= 11 is 0. The van der Waals surface area contributed by atoms with Gasteiger partial charge in [-0.15, -0.1) is 5.10 Å². The molecule has 4 heteroatoms. The largest absolute Gasteiger partial charge is 0.395 e. The van der Waals surface area contributed by atoms with Crippen LogP contribution in [0.15, 0.2) is 54.6 Å². The second-order valence-corrected chi connectivity index (χ2v) is 4.85. The molecule has 0 amide bonds. The number of aliphatic hydroxyl groups is 1. The summed E-state index contributed by atoms with van der Waals surface area (Å²) < 4.78 is 0. The van der Waals surface area contributed by atoms with Crippen molar-refractivity contribution in [3.63, 3.8) is 0 Å². The van der Waals surface area contributed by atoms with E-state index in [1.54, 1.807) is 0 Å². The molecule has 0 aliphatic rings. The maximum Gasteiger partial charge on any atom is 0.156 e. The molecule has 0 aliphatic carbocycles. The number of nitrogens with zero attached hydrogens (tertiary/aromatic N) is 2. The highest BCUT2D eigenvalue weighted by Crippen LogP contribution is 2.24. The van der Waals surface area contributed by atoms with E-state index < -0.39 is 0 Å². The molecule has 0 fully saturated rings. The summed E-state index contributed by atoms with van der Waals surface area (Å²) in [7, 11) is 0. The van der Waals surface area contributed by atoms with E-state index in [0.717, 1.165) is 28.7 Å². The molecule has 0 unspecified atom stereocenters. The maximum atomic E-state index is 8.94. The normalized spacial score (nSPS) is 10.7. The molecule has 0 radical (unpaired) electrons. The molecule has 4 nitrogen and oxygen atoms in total. The van der Waals surface area contributed by atoms with Crippen LogP contribution in [0.25, 0.3) is 10.8 Å². The Labute approximate surface area is 123 Å². The van der Waals surface area contributed by atoms with E-state index in [2.05, 4.69) is 33.7 Å². The number of benzene rings is 2. The lowest BCUT2D eigenvalue weighted by atomic mass is 10.0. The van der Waals surface area contributed by atoms with Crippen molar-refractivity contribution in [3.05, 3.63) is 65.9 Å². The van der Waals surface area contributed by atoms with Crippen molar-refractivity contribution in [2.24, 2.45) is 0 Å². The summed E-state index contributed by atoms with van der Waals surface area (Å²) in [5, 5.41) is 22.8. The van der Waals surface area contributed by atoms with Gasteiger partial charge in [-0.05, 0) is 5.56 Å². The van der Waals surface area contributed by atoms with Crippen molar-refractivity contribution >= 4 is 16.6 Å². The molecule has 0 aliphatic heterocycles. The Hall–Kier alpha value is -2.46. The van der Waals surface area contributed by atoms with Crippen LogP contribution >= 0.6 is 0 Å². The third kappa shape index (κ3) is 3.01. The van der Waals surface area contributed by atoms with Gasteiger partial charge in [0.15, 0.2) is 5.82 Å². The Kier molecular flexibility index (Phi) is 4.07. The zero-order valence-corrected chi connectivity index (χ0v) is 11.7. The van der Waals surface area contributed by atoms with Crippen LogP contribution in [-0.4, -0.2) is 28.5 Å². The van der Waals surface area contributed by atoms with E-state index in [1.807, 2.05) is 36.4 Å². The molecular weight excluding hydrogens is 262 g/mol. The highest BCUT2D eigenvalue weighted by atomic mass is 16.3. The van der Waals surface area contributed by atoms with E-state index >= 15 is 0 Å². The van der Waals surface area contributed by atoms with Gasteiger partial charge in [0.1, 0.15) is 0 Å². The van der Waals surface area contributed by atoms with E-state index in [1.165, 1.54) is 5.56 Å². The quantitative estimate of drug-likeness (QED) is 0.754. The first kappa shape index (κ1) is 13.5. The van der Waals surface area contributed by atoms with Gasteiger partial charge in [0.05, 0.1) is 12.3 Å². The van der Waals surface area contributed by atoms with E-state index in [4.69, 9.17) is 5.11 Å². The Morgan fingerprint density at radius 3 is 2.33 bits per heavy atom. The molecule has 0 atom stereocenters. The SMILES string of the molecule is OCCNc1nnc(Cc2ccccc2)c2ccccc12. The monoisotopic (exact) mass is 279 g/mol. The molecule has 0 bridgehead atoms. The fourth-order valence-corrected chi connectivity index (χ4v) is 2.38. The minimum Gasteiger partial charge on any atom is -0.395 e. The van der Waals surface area contributed by atoms with Gasteiger partial charge < -0.3 is 10.4 Å². The molecule has 1 heterocycles. The van der Waals surface area contributed by atoms with Crippen molar-refractivity contribution < 1.29 is 5.11 Å². The van der Waals surface area contributed by atoms with Gasteiger partial charge in [-0.25, -0.2) is 0 Å². The van der Waals surface area contributed by atoms with Crippen LogP contribution in [0.4, 0.5) is 5.82 Å². The standard InChI is InChI=1S/C17H17N3O/c21-11-10-18-17-15-9-5-4-8-14(15)16(19-20-17)12-13-6-2-1-3-7-13/h1-9,21H,10-12H2,(H,18,20). The van der Waals surface area contributed by atoms with Gasteiger partial charge >= 0.3 is 0 Å². The molecular formula is C17H17N3O. The summed E-state index contributed by atoms with van der Waals surface area (Å²) in [5.41, 5.74) is 2.18. The van der Waals surface area contributed by atoms with Gasteiger partial charge in [-0.1, -0.05) is 54.6 Å². The molecule has 2 aromatic carbocycles. The predicted octanol–water partition coefficient (Wildman–Crippen LogP) is 2.62. The highest BCUT2D eigenvalue weighted by Gasteiger charge is 2.09. The Bertz CT molecular complexity index is 728. The Balaban J connectivity index is 2.00. The number of rotatable bonds is 5. The molecule has 3 rings (SSSR count). The molecule has 0 saturated heterocycles. The molecule has 3 aromatic rings. The fourth-order valence-electron chi connectivity index (χ4n) is 2.38. The third-order valence-corrected chi connectivity index (χ3v) is 3.38. The summed E-state index contributed by atoms with van der Waals surface area (Å²) in [4.78, 5) is 0. The van der Waals surface area contributed by atoms with Crippen LogP contribution in [0.5, 0.6) is 0 Å². The number of nitrogens with one attached hydrogen (secondary N) is 1. The van der Waals surface area contributed by atoms with E-state index in [9.17, 15) is 0 Å². The topological polar surface area (TPSA) is 58.0 Å². The second-order valence-electron chi connectivity index (χ2n) is 4.85. The predicted molar refractivity (Wildman–Crippen MR) is 84.4 cm³/mol. The molecule has 21 heavy (non-hydrogen) atoms. The van der Waals surface area contributed by atoms with Crippen LogP contribution in [0, 0.1) is 0 Å². The summed E-state index contributed by atoms with van der Waals surface area (Å²) in [5.74, 6) is 0.719. The summed E-state index contributed by atoms with van der Waals surface area (Å²) in [6.45, 7) is 0.540. The number of fused-ring (bicyclic) bond motifs is 1. The first-order valence-corrected chi connectivity index (χ1v) is 7.01. The summed E-state index contributed by atoms with van der Waals surface area (Å²) in [6, 6.07) is 18.3. The lowest BCUT2D eigenvalue weighted by Crippen LogP contribution is -2.09. The zero-order chi connectivity index (χ0) is 14.5. The second kappa shape index (κ2) is 6.33. The van der Waals surface area contributed by atoms with Gasteiger partial charge in [0, 0.05) is 23.7 Å². The molecule has 0 spiro atoms. The minimum absolute atomic E-state index is 0.0712.